The molecule has 0 amide bonds. The van der Waals surface area contributed by atoms with Crippen LogP contribution in [0.25, 0.3) is 0 Å². The van der Waals surface area contributed by atoms with E-state index in [9.17, 15) is 26.7 Å². The number of nitrogens with two attached hydrogens (primary N) is 1. The van der Waals surface area contributed by atoms with E-state index in [1.54, 1.807) is 0 Å². The molecule has 0 atom stereocenters. The van der Waals surface area contributed by atoms with Gasteiger partial charge < -0.3 is 15.6 Å². The Labute approximate surface area is 96.0 Å². The average Bonchev–Trinajstić information content (AvgIpc) is 2.13. The number of hydrogen-bond donors (Lipinski definition) is 2. The minimum atomic E-state index is -5.24. The number of anilines is 1. The second-order valence-corrected chi connectivity index (χ2v) is 2.96. The van der Waals surface area contributed by atoms with Crippen LogP contribution in [0, 0.1) is 0 Å². The van der Waals surface area contributed by atoms with E-state index in [-0.39, 0.29) is 0 Å². The number of pyridine rings is 1. The Bertz CT molecular complexity index is 475. The predicted octanol–water partition coefficient (Wildman–Crippen LogP) is 2.20. The first-order valence-electron chi connectivity index (χ1n) is 4.19. The van der Waals surface area contributed by atoms with Gasteiger partial charge in [-0.3, -0.25) is 0 Å². The third-order valence-corrected chi connectivity index (χ3v) is 1.78. The van der Waals surface area contributed by atoms with Crippen LogP contribution in [0.3, 0.4) is 0 Å². The first kappa shape index (κ1) is 13.9. The molecule has 0 spiro atoms. The van der Waals surface area contributed by atoms with Crippen LogP contribution in [0.1, 0.15) is 22.3 Å². The van der Waals surface area contributed by atoms with Crippen LogP contribution in [0.15, 0.2) is 6.20 Å². The Morgan fingerprint density at radius 1 is 1.44 bits per heavy atom. The number of carboxylic acid groups (broad SMARTS) is 1. The molecule has 1 heterocycles. The van der Waals surface area contributed by atoms with Gasteiger partial charge >= 0.3 is 12.3 Å². The molecule has 1 aromatic heterocycles. The number of nitrogens with zero attached hydrogens (tertiary/aromatic N) is 1. The van der Waals surface area contributed by atoms with Crippen molar-refractivity contribution in [1.29, 1.82) is 0 Å². The number of ether oxygens (including phenoxy) is 1. The Balaban J connectivity index is 3.37. The average molecular weight is 272 g/mol. The highest BCUT2D eigenvalue weighted by atomic mass is 19.4. The second-order valence-electron chi connectivity index (χ2n) is 2.96. The number of rotatable bonds is 3. The summed E-state index contributed by atoms with van der Waals surface area (Å²) in [6, 6.07) is 0. The number of hydrogen-bond acceptors (Lipinski definition) is 4. The first-order chi connectivity index (χ1) is 8.13. The third kappa shape index (κ3) is 2.96. The highest BCUT2D eigenvalue weighted by molar-refractivity contribution is 5.94. The molecule has 1 aromatic rings. The highest BCUT2D eigenvalue weighted by Gasteiger charge is 2.35. The summed E-state index contributed by atoms with van der Waals surface area (Å²) < 4.78 is 64.1. The molecule has 10 heteroatoms. The summed E-state index contributed by atoms with van der Waals surface area (Å²) >= 11 is 0. The monoisotopic (exact) mass is 272 g/mol. The van der Waals surface area contributed by atoms with Gasteiger partial charge in [0.15, 0.2) is 0 Å². The molecule has 0 aliphatic heterocycles. The SMILES string of the molecule is Nc1c(C(=O)O)cnc(OC(F)(F)F)c1C(F)F. The van der Waals surface area contributed by atoms with Crippen LogP contribution < -0.4 is 10.5 Å². The first-order valence-corrected chi connectivity index (χ1v) is 4.19. The van der Waals surface area contributed by atoms with Crippen LogP contribution in [0.5, 0.6) is 5.88 Å². The number of aromatic nitrogens is 1. The predicted molar refractivity (Wildman–Crippen MR) is 47.2 cm³/mol. The van der Waals surface area contributed by atoms with Crippen molar-refractivity contribution < 1.29 is 36.6 Å². The molecule has 0 aliphatic rings. The number of carboxylic acids is 1. The summed E-state index contributed by atoms with van der Waals surface area (Å²) in [4.78, 5) is 13.4. The maximum Gasteiger partial charge on any atom is 0.574 e. The van der Waals surface area contributed by atoms with Gasteiger partial charge in [0.05, 0.1) is 5.69 Å². The van der Waals surface area contributed by atoms with Gasteiger partial charge in [-0.05, 0) is 0 Å². The van der Waals surface area contributed by atoms with E-state index in [0.29, 0.717) is 6.20 Å². The molecular formula is C8H5F5N2O3. The number of halogens is 5. The van der Waals surface area contributed by atoms with Gasteiger partial charge in [0.2, 0.25) is 5.88 Å². The summed E-state index contributed by atoms with van der Waals surface area (Å²) in [5.74, 6) is -3.17. The summed E-state index contributed by atoms with van der Waals surface area (Å²) in [6.07, 6.45) is -8.30. The lowest BCUT2D eigenvalue weighted by molar-refractivity contribution is -0.276. The third-order valence-electron chi connectivity index (χ3n) is 1.78. The largest absolute Gasteiger partial charge is 0.574 e. The summed E-state index contributed by atoms with van der Waals surface area (Å²) in [5.41, 5.74) is 1.79. The van der Waals surface area contributed by atoms with Crippen LogP contribution >= 0.6 is 0 Å². The van der Waals surface area contributed by atoms with E-state index in [1.807, 2.05) is 0 Å². The second kappa shape index (κ2) is 4.63. The zero-order valence-electron chi connectivity index (χ0n) is 8.33. The molecule has 0 saturated carbocycles. The van der Waals surface area contributed by atoms with Crippen LogP contribution in [-0.4, -0.2) is 22.4 Å². The van der Waals surface area contributed by atoms with Crippen LogP contribution in [0.4, 0.5) is 27.6 Å². The van der Waals surface area contributed by atoms with E-state index in [2.05, 4.69) is 9.72 Å². The van der Waals surface area contributed by atoms with Crippen molar-refractivity contribution in [3.05, 3.63) is 17.3 Å². The van der Waals surface area contributed by atoms with Gasteiger partial charge in [-0.2, -0.15) is 0 Å². The minimum Gasteiger partial charge on any atom is -0.478 e. The van der Waals surface area contributed by atoms with Crippen molar-refractivity contribution in [3.63, 3.8) is 0 Å². The molecule has 100 valence electrons. The molecule has 0 bridgehead atoms. The molecule has 0 unspecified atom stereocenters. The van der Waals surface area contributed by atoms with Crippen molar-refractivity contribution >= 4 is 11.7 Å². The minimum absolute atomic E-state index is 0.407. The van der Waals surface area contributed by atoms with E-state index in [0.717, 1.165) is 0 Å². The zero-order valence-corrected chi connectivity index (χ0v) is 8.33. The van der Waals surface area contributed by atoms with Crippen molar-refractivity contribution in [2.45, 2.75) is 12.8 Å². The smallest absolute Gasteiger partial charge is 0.478 e. The number of carbonyl (C=O) groups is 1. The van der Waals surface area contributed by atoms with Crippen LogP contribution in [0.2, 0.25) is 0 Å². The molecule has 0 aliphatic carbocycles. The normalized spacial score (nSPS) is 11.7. The standard InChI is InChI=1S/C8H5F5N2O3/c9-5(10)3-4(14)2(7(16)17)1-15-6(3)18-8(11,12)13/h1,5H,(H2,14,15)(H,16,17). The summed E-state index contributed by atoms with van der Waals surface area (Å²) in [7, 11) is 0. The van der Waals surface area contributed by atoms with Gasteiger partial charge in [-0.25, -0.2) is 18.6 Å². The molecule has 0 radical (unpaired) electrons. The molecule has 1 rings (SSSR count). The van der Waals surface area contributed by atoms with Crippen molar-refractivity contribution in [2.24, 2.45) is 0 Å². The van der Waals surface area contributed by atoms with E-state index >= 15 is 0 Å². The molecular weight excluding hydrogens is 267 g/mol. The number of nitrogen functional groups attached to an aromatic ring is 1. The van der Waals surface area contributed by atoms with Gasteiger partial charge in [-0.15, -0.1) is 13.2 Å². The quantitative estimate of drug-likeness (QED) is 0.824. The van der Waals surface area contributed by atoms with Crippen molar-refractivity contribution in [3.8, 4) is 5.88 Å². The van der Waals surface area contributed by atoms with Crippen LogP contribution in [-0.2, 0) is 0 Å². The van der Waals surface area contributed by atoms with Gasteiger partial charge in [-0.1, -0.05) is 0 Å². The molecule has 0 aromatic carbocycles. The zero-order chi connectivity index (χ0) is 14.1. The van der Waals surface area contributed by atoms with Gasteiger partial charge in [0.1, 0.15) is 11.1 Å². The van der Waals surface area contributed by atoms with Gasteiger partial charge in [0.25, 0.3) is 6.43 Å². The fourth-order valence-electron chi connectivity index (χ4n) is 1.09. The fourth-order valence-corrected chi connectivity index (χ4v) is 1.09. The molecule has 0 fully saturated rings. The van der Waals surface area contributed by atoms with E-state index < -0.39 is 41.5 Å². The lowest BCUT2D eigenvalue weighted by Gasteiger charge is -2.14. The topological polar surface area (TPSA) is 85.4 Å². The lowest BCUT2D eigenvalue weighted by atomic mass is 10.1. The van der Waals surface area contributed by atoms with Gasteiger partial charge in [0, 0.05) is 6.20 Å². The maximum absolute atomic E-state index is 12.5. The van der Waals surface area contributed by atoms with E-state index in [1.165, 1.54) is 0 Å². The highest BCUT2D eigenvalue weighted by Crippen LogP contribution is 2.36. The Morgan fingerprint density at radius 2 is 2.00 bits per heavy atom. The fraction of sp³-hybridized carbons (Fsp3) is 0.250. The lowest BCUT2D eigenvalue weighted by Crippen LogP contribution is -2.20. The number of aromatic carboxylic acids is 1. The van der Waals surface area contributed by atoms with Crippen molar-refractivity contribution in [1.82, 2.24) is 4.98 Å². The molecule has 5 nitrogen and oxygen atoms in total. The van der Waals surface area contributed by atoms with E-state index in [4.69, 9.17) is 10.8 Å². The molecule has 3 N–H and O–H groups in total. The Morgan fingerprint density at radius 3 is 2.39 bits per heavy atom. The maximum atomic E-state index is 12.5. The number of alkyl halides is 5. The Kier molecular flexibility index (Phi) is 3.58. The molecule has 0 saturated heterocycles. The summed E-state index contributed by atoms with van der Waals surface area (Å²) in [6.45, 7) is 0. The van der Waals surface area contributed by atoms with Crippen molar-refractivity contribution in [2.75, 3.05) is 5.73 Å². The summed E-state index contributed by atoms with van der Waals surface area (Å²) in [5, 5.41) is 8.57. The Hall–Kier alpha value is -2.13. The molecule has 18 heavy (non-hydrogen) atoms.